The van der Waals surface area contributed by atoms with Crippen LogP contribution in [0.1, 0.15) is 0 Å². The second-order valence-electron chi connectivity index (χ2n) is 2.99. The minimum Gasteiger partial charge on any atom is -0.351 e. The number of benzene rings is 1. The van der Waals surface area contributed by atoms with Crippen LogP contribution in [0, 0.1) is 0 Å². The monoisotopic (exact) mass is 256 g/mol. The number of carbonyl (C=O) groups excluding carboxylic acids is 2. The van der Waals surface area contributed by atoms with Crippen LogP contribution in [0.3, 0.4) is 0 Å². The molecule has 0 radical (unpaired) electrons. The smallest absolute Gasteiger partial charge is 0.324 e. The Morgan fingerprint density at radius 2 is 1.88 bits per heavy atom. The highest BCUT2D eigenvalue weighted by atomic mass is 32.2. The molecule has 5 N–H and O–H groups in total. The van der Waals surface area contributed by atoms with Crippen LogP contribution in [0.15, 0.2) is 39.6 Å². The van der Waals surface area contributed by atoms with Gasteiger partial charge in [-0.1, -0.05) is 18.2 Å². The fourth-order valence-corrected chi connectivity index (χ4v) is 2.49. The molecular formula is C9H12N4O3S. The summed E-state index contributed by atoms with van der Waals surface area (Å²) in [6.45, 7) is -0.399. The van der Waals surface area contributed by atoms with E-state index in [-0.39, 0.29) is 4.90 Å². The summed E-state index contributed by atoms with van der Waals surface area (Å²) in [5.74, 6) is -0.785. The SMILES string of the molecule is NCC(=O)N=S(=O)(NC(N)=O)c1ccccc1. The van der Waals surface area contributed by atoms with Gasteiger partial charge >= 0.3 is 6.03 Å². The summed E-state index contributed by atoms with van der Waals surface area (Å²) in [6.07, 6.45) is 0. The Hall–Kier alpha value is -1.93. The van der Waals surface area contributed by atoms with Crippen molar-refractivity contribution < 1.29 is 13.8 Å². The van der Waals surface area contributed by atoms with E-state index in [1.165, 1.54) is 12.1 Å². The van der Waals surface area contributed by atoms with E-state index < -0.39 is 28.4 Å². The van der Waals surface area contributed by atoms with Crippen LogP contribution >= 0.6 is 0 Å². The molecule has 1 unspecified atom stereocenters. The number of hydrogen-bond donors (Lipinski definition) is 3. The van der Waals surface area contributed by atoms with Gasteiger partial charge in [0.2, 0.25) is 0 Å². The first-order valence-corrected chi connectivity index (χ1v) is 6.12. The summed E-state index contributed by atoms with van der Waals surface area (Å²) in [5, 5.41) is 0. The van der Waals surface area contributed by atoms with Crippen LogP contribution in [0.2, 0.25) is 0 Å². The lowest BCUT2D eigenvalue weighted by Gasteiger charge is -2.09. The molecule has 0 bridgehead atoms. The molecule has 0 saturated heterocycles. The number of primary amides is 1. The maximum atomic E-state index is 12.3. The summed E-state index contributed by atoms with van der Waals surface area (Å²) in [5.41, 5.74) is 9.98. The minimum absolute atomic E-state index is 0.181. The van der Waals surface area contributed by atoms with Crippen LogP contribution in [-0.2, 0) is 14.7 Å². The molecule has 1 aromatic rings. The first kappa shape index (κ1) is 13.1. The maximum Gasteiger partial charge on any atom is 0.324 e. The quantitative estimate of drug-likeness (QED) is 0.678. The van der Waals surface area contributed by atoms with Crippen molar-refractivity contribution in [1.29, 1.82) is 0 Å². The molecule has 0 saturated carbocycles. The van der Waals surface area contributed by atoms with Gasteiger partial charge in [-0.3, -0.25) is 4.79 Å². The molecule has 0 fully saturated rings. The van der Waals surface area contributed by atoms with Gasteiger partial charge in [0.1, 0.15) is 0 Å². The van der Waals surface area contributed by atoms with E-state index in [2.05, 4.69) is 4.36 Å². The van der Waals surface area contributed by atoms with Crippen LogP contribution in [-0.4, -0.2) is 22.7 Å². The first-order valence-electron chi connectivity index (χ1n) is 4.60. The molecule has 0 aliphatic heterocycles. The zero-order valence-corrected chi connectivity index (χ0v) is 9.65. The van der Waals surface area contributed by atoms with Crippen LogP contribution in [0.5, 0.6) is 0 Å². The van der Waals surface area contributed by atoms with Crippen LogP contribution in [0.25, 0.3) is 0 Å². The summed E-state index contributed by atoms with van der Waals surface area (Å²) in [6, 6.07) is 6.78. The largest absolute Gasteiger partial charge is 0.351 e. The number of amides is 3. The molecule has 3 amide bonds. The minimum atomic E-state index is -3.41. The molecule has 8 heteroatoms. The summed E-state index contributed by atoms with van der Waals surface area (Å²) in [4.78, 5) is 22.1. The van der Waals surface area contributed by atoms with Gasteiger partial charge in [0, 0.05) is 0 Å². The highest BCUT2D eigenvalue weighted by molar-refractivity contribution is 7.92. The molecule has 92 valence electrons. The second kappa shape index (κ2) is 5.41. The molecule has 0 aliphatic rings. The van der Waals surface area contributed by atoms with E-state index in [9.17, 15) is 13.8 Å². The number of carbonyl (C=O) groups is 2. The molecule has 1 atom stereocenters. The van der Waals surface area contributed by atoms with Gasteiger partial charge in [0.15, 0.2) is 9.92 Å². The van der Waals surface area contributed by atoms with Crippen molar-refractivity contribution in [2.24, 2.45) is 15.8 Å². The fourth-order valence-electron chi connectivity index (χ4n) is 1.06. The Bertz CT molecular complexity index is 534. The van der Waals surface area contributed by atoms with Gasteiger partial charge in [-0.25, -0.2) is 13.7 Å². The van der Waals surface area contributed by atoms with Gasteiger partial charge in [0.25, 0.3) is 5.91 Å². The third-order valence-electron chi connectivity index (χ3n) is 1.71. The van der Waals surface area contributed by atoms with Crippen LogP contribution in [0.4, 0.5) is 4.79 Å². The van der Waals surface area contributed by atoms with Crippen molar-refractivity contribution >= 4 is 21.9 Å². The number of rotatable bonds is 3. The molecule has 0 aromatic heterocycles. The predicted molar refractivity (Wildman–Crippen MR) is 62.1 cm³/mol. The molecule has 17 heavy (non-hydrogen) atoms. The lowest BCUT2D eigenvalue weighted by molar-refractivity contribution is -0.116. The third kappa shape index (κ3) is 3.54. The third-order valence-corrected chi connectivity index (χ3v) is 3.56. The normalized spacial score (nSPS) is 13.5. The first-order chi connectivity index (χ1) is 7.98. The lowest BCUT2D eigenvalue weighted by Crippen LogP contribution is -2.35. The summed E-state index contributed by atoms with van der Waals surface area (Å²) in [7, 11) is -3.41. The fraction of sp³-hybridized carbons (Fsp3) is 0.111. The number of urea groups is 1. The molecular weight excluding hydrogens is 244 g/mol. The Labute approximate surface area is 98.5 Å². The zero-order chi connectivity index (χ0) is 12.9. The Kier molecular flexibility index (Phi) is 4.18. The maximum absolute atomic E-state index is 12.3. The average molecular weight is 256 g/mol. The standard InChI is InChI=1S/C9H12N4O3S/c10-6-8(14)12-17(16,13-9(11)15)7-4-2-1-3-5-7/h1-5H,6,10H2,(H3,11,12,13,14,15,16). The molecule has 0 aliphatic carbocycles. The molecule has 0 spiro atoms. The van der Waals surface area contributed by atoms with Gasteiger partial charge in [0.05, 0.1) is 11.4 Å². The van der Waals surface area contributed by atoms with Crippen molar-refractivity contribution in [2.45, 2.75) is 4.90 Å². The predicted octanol–water partition coefficient (Wildman–Crippen LogP) is -0.418. The second-order valence-corrected chi connectivity index (χ2v) is 4.90. The highest BCUT2D eigenvalue weighted by Crippen LogP contribution is 2.10. The lowest BCUT2D eigenvalue weighted by atomic mass is 10.4. The van der Waals surface area contributed by atoms with E-state index >= 15 is 0 Å². The molecule has 0 heterocycles. The number of nitrogens with zero attached hydrogens (tertiary/aromatic N) is 1. The van der Waals surface area contributed by atoms with Crippen molar-refractivity contribution in [3.05, 3.63) is 30.3 Å². The van der Waals surface area contributed by atoms with Crippen molar-refractivity contribution in [2.75, 3.05) is 6.54 Å². The van der Waals surface area contributed by atoms with E-state index in [1.54, 1.807) is 18.2 Å². The van der Waals surface area contributed by atoms with Crippen molar-refractivity contribution in [1.82, 2.24) is 4.72 Å². The number of nitrogens with two attached hydrogens (primary N) is 2. The van der Waals surface area contributed by atoms with Gasteiger partial charge in [-0.15, -0.1) is 4.36 Å². The molecule has 1 aromatic carbocycles. The Morgan fingerprint density at radius 3 is 2.35 bits per heavy atom. The van der Waals surface area contributed by atoms with Crippen molar-refractivity contribution in [3.8, 4) is 0 Å². The summed E-state index contributed by atoms with van der Waals surface area (Å²) >= 11 is 0. The van der Waals surface area contributed by atoms with E-state index in [4.69, 9.17) is 11.5 Å². The zero-order valence-electron chi connectivity index (χ0n) is 8.83. The van der Waals surface area contributed by atoms with Gasteiger partial charge in [-0.05, 0) is 12.1 Å². The molecule has 7 nitrogen and oxygen atoms in total. The Balaban J connectivity index is 3.30. The topological polar surface area (TPSA) is 128 Å². The Morgan fingerprint density at radius 1 is 1.29 bits per heavy atom. The van der Waals surface area contributed by atoms with Gasteiger partial charge in [-0.2, -0.15) is 0 Å². The van der Waals surface area contributed by atoms with E-state index in [1.807, 2.05) is 4.72 Å². The summed E-state index contributed by atoms with van der Waals surface area (Å²) < 4.78 is 17.7. The molecule has 1 rings (SSSR count). The van der Waals surface area contributed by atoms with Crippen molar-refractivity contribution in [3.63, 3.8) is 0 Å². The number of nitrogens with one attached hydrogen (secondary N) is 1. The van der Waals surface area contributed by atoms with E-state index in [0.717, 1.165) is 0 Å². The van der Waals surface area contributed by atoms with Gasteiger partial charge < -0.3 is 11.5 Å². The van der Waals surface area contributed by atoms with Crippen LogP contribution < -0.4 is 16.2 Å². The average Bonchev–Trinajstić information content (AvgIpc) is 2.29. The highest BCUT2D eigenvalue weighted by Gasteiger charge is 2.15. The number of hydrogen-bond acceptors (Lipinski definition) is 4. The van der Waals surface area contributed by atoms with E-state index in [0.29, 0.717) is 0 Å².